The number of amides is 1. The summed E-state index contributed by atoms with van der Waals surface area (Å²) in [5.74, 6) is 0. The van der Waals surface area contributed by atoms with Crippen LogP contribution in [-0.2, 0) is 9.59 Å². The third-order valence-electron chi connectivity index (χ3n) is 1.33. The van der Waals surface area contributed by atoms with E-state index in [1.807, 2.05) is 0 Å². The largest absolute Gasteiger partial charge is 0.359 e. The lowest BCUT2D eigenvalue weighted by Gasteiger charge is -2.26. The third-order valence-corrected chi connectivity index (χ3v) is 2.52. The number of rotatable bonds is 4. The van der Waals surface area contributed by atoms with E-state index >= 15 is 0 Å². The van der Waals surface area contributed by atoms with Crippen molar-refractivity contribution in [1.29, 1.82) is 0 Å². The second-order valence-corrected chi connectivity index (χ2v) is 3.81. The van der Waals surface area contributed by atoms with Gasteiger partial charge in [0.2, 0.25) is 11.7 Å². The molecule has 1 unspecified atom stereocenters. The number of thioether (sulfide) groups is 1. The summed E-state index contributed by atoms with van der Waals surface area (Å²) in [6, 6.07) is 0. The lowest BCUT2D eigenvalue weighted by Crippen LogP contribution is -2.50. The van der Waals surface area contributed by atoms with Crippen LogP contribution in [0.5, 0.6) is 0 Å². The molecule has 1 aliphatic rings. The molecule has 4 nitrogen and oxygen atoms in total. The van der Waals surface area contributed by atoms with Crippen molar-refractivity contribution in [2.24, 2.45) is 0 Å². The summed E-state index contributed by atoms with van der Waals surface area (Å²) in [4.78, 5) is 20.0. The van der Waals surface area contributed by atoms with Crippen LogP contribution >= 0.6 is 23.4 Å². The first-order valence-corrected chi connectivity index (χ1v) is 4.44. The molecule has 6 heteroatoms. The Morgan fingerprint density at radius 1 is 1.83 bits per heavy atom. The van der Waals surface area contributed by atoms with E-state index in [9.17, 15) is 9.59 Å². The summed E-state index contributed by atoms with van der Waals surface area (Å²) < 4.78 is 0. The van der Waals surface area contributed by atoms with E-state index in [1.54, 1.807) is 11.6 Å². The van der Waals surface area contributed by atoms with Crippen LogP contribution < -0.4 is 10.6 Å². The van der Waals surface area contributed by atoms with Crippen LogP contribution in [0.3, 0.4) is 0 Å². The molecule has 1 amide bonds. The molecule has 1 atom stereocenters. The number of hydrogen-bond donors (Lipinski definition) is 2. The van der Waals surface area contributed by atoms with Gasteiger partial charge in [0.25, 0.3) is 0 Å². The SMILES string of the molecule is O=CNC1(CC(=O)Cl)NC=CS1. The van der Waals surface area contributed by atoms with Gasteiger partial charge in [0.1, 0.15) is 0 Å². The summed E-state index contributed by atoms with van der Waals surface area (Å²) in [5.41, 5.74) is 0. The molecule has 1 aliphatic heterocycles. The van der Waals surface area contributed by atoms with Crippen LogP contribution in [0.4, 0.5) is 0 Å². The van der Waals surface area contributed by atoms with Gasteiger partial charge in [-0.1, -0.05) is 11.8 Å². The maximum absolute atomic E-state index is 10.6. The van der Waals surface area contributed by atoms with Gasteiger partial charge in [0.05, 0.1) is 6.42 Å². The van der Waals surface area contributed by atoms with Gasteiger partial charge in [-0.25, -0.2) is 0 Å². The van der Waals surface area contributed by atoms with Crippen molar-refractivity contribution in [3.8, 4) is 0 Å². The molecule has 1 rings (SSSR count). The summed E-state index contributed by atoms with van der Waals surface area (Å²) in [7, 11) is 0. The average Bonchev–Trinajstić information content (AvgIpc) is 2.36. The normalized spacial score (nSPS) is 26.4. The Morgan fingerprint density at radius 3 is 3.00 bits per heavy atom. The molecular weight excluding hydrogens is 200 g/mol. The zero-order valence-electron chi connectivity index (χ0n) is 6.04. The van der Waals surface area contributed by atoms with E-state index in [2.05, 4.69) is 10.6 Å². The molecule has 0 aromatic carbocycles. The summed E-state index contributed by atoms with van der Waals surface area (Å²) >= 11 is 6.51. The van der Waals surface area contributed by atoms with Crippen LogP contribution in [0.15, 0.2) is 11.6 Å². The number of carbonyl (C=O) groups excluding carboxylic acids is 2. The highest BCUT2D eigenvalue weighted by Gasteiger charge is 2.33. The van der Waals surface area contributed by atoms with E-state index in [4.69, 9.17) is 11.6 Å². The van der Waals surface area contributed by atoms with Crippen molar-refractivity contribution >= 4 is 35.0 Å². The second kappa shape index (κ2) is 3.82. The highest BCUT2D eigenvalue weighted by molar-refractivity contribution is 8.03. The fourth-order valence-electron chi connectivity index (χ4n) is 0.863. The first-order valence-electron chi connectivity index (χ1n) is 3.19. The molecule has 0 radical (unpaired) electrons. The van der Waals surface area contributed by atoms with E-state index in [-0.39, 0.29) is 6.42 Å². The highest BCUT2D eigenvalue weighted by atomic mass is 35.5. The van der Waals surface area contributed by atoms with Crippen molar-refractivity contribution in [2.75, 3.05) is 0 Å². The van der Waals surface area contributed by atoms with Crippen LogP contribution in [0.1, 0.15) is 6.42 Å². The van der Waals surface area contributed by atoms with Gasteiger partial charge in [0.15, 0.2) is 4.99 Å². The number of hydrogen-bond acceptors (Lipinski definition) is 4. The summed E-state index contributed by atoms with van der Waals surface area (Å²) in [5, 5.41) is 6.58. The molecule has 0 aliphatic carbocycles. The van der Waals surface area contributed by atoms with Gasteiger partial charge in [-0.2, -0.15) is 0 Å². The zero-order chi connectivity index (χ0) is 9.03. The molecule has 0 aromatic heterocycles. The molecule has 66 valence electrons. The van der Waals surface area contributed by atoms with Gasteiger partial charge >= 0.3 is 0 Å². The Morgan fingerprint density at radius 2 is 2.58 bits per heavy atom. The average molecular weight is 207 g/mol. The molecule has 0 fully saturated rings. The van der Waals surface area contributed by atoms with E-state index in [0.29, 0.717) is 6.41 Å². The first-order chi connectivity index (χ1) is 5.68. The van der Waals surface area contributed by atoms with Crippen molar-refractivity contribution in [2.45, 2.75) is 11.4 Å². The maximum Gasteiger partial charge on any atom is 0.226 e. The Labute approximate surface area is 78.7 Å². The van der Waals surface area contributed by atoms with Crippen molar-refractivity contribution in [3.05, 3.63) is 11.6 Å². The molecule has 2 N–H and O–H groups in total. The van der Waals surface area contributed by atoms with E-state index in [1.165, 1.54) is 11.8 Å². The smallest absolute Gasteiger partial charge is 0.226 e. The summed E-state index contributed by atoms with van der Waals surface area (Å²) in [6.07, 6.45) is 2.23. The Bertz CT molecular complexity index is 224. The van der Waals surface area contributed by atoms with Gasteiger partial charge < -0.3 is 10.6 Å². The fraction of sp³-hybridized carbons (Fsp3) is 0.333. The minimum atomic E-state index is -0.777. The minimum absolute atomic E-state index is 0.0466. The monoisotopic (exact) mass is 206 g/mol. The molecule has 0 saturated heterocycles. The predicted octanol–water partition coefficient (Wildman–Crippen LogP) is 0.349. The van der Waals surface area contributed by atoms with Gasteiger partial charge in [-0.15, -0.1) is 0 Å². The maximum atomic E-state index is 10.6. The molecule has 0 saturated carbocycles. The quantitative estimate of drug-likeness (QED) is 0.515. The molecule has 0 spiro atoms. The van der Waals surface area contributed by atoms with E-state index in [0.717, 1.165) is 0 Å². The predicted molar refractivity (Wildman–Crippen MR) is 47.3 cm³/mol. The third kappa shape index (κ3) is 2.15. The minimum Gasteiger partial charge on any atom is -0.359 e. The van der Waals surface area contributed by atoms with Gasteiger partial charge in [-0.05, 0) is 17.0 Å². The summed E-state index contributed by atoms with van der Waals surface area (Å²) in [6.45, 7) is 0. The Kier molecular flexibility index (Phi) is 2.99. The van der Waals surface area contributed by atoms with Crippen LogP contribution in [-0.4, -0.2) is 16.6 Å². The zero-order valence-corrected chi connectivity index (χ0v) is 7.61. The van der Waals surface area contributed by atoms with Gasteiger partial charge in [0, 0.05) is 6.20 Å². The van der Waals surface area contributed by atoms with Crippen LogP contribution in [0.2, 0.25) is 0 Å². The number of carbonyl (C=O) groups is 2. The van der Waals surface area contributed by atoms with Gasteiger partial charge in [-0.3, -0.25) is 9.59 Å². The van der Waals surface area contributed by atoms with Crippen LogP contribution in [0, 0.1) is 0 Å². The van der Waals surface area contributed by atoms with Crippen molar-refractivity contribution < 1.29 is 9.59 Å². The highest BCUT2D eigenvalue weighted by Crippen LogP contribution is 2.29. The Hall–Kier alpha value is -0.680. The lowest BCUT2D eigenvalue weighted by molar-refractivity contribution is -0.113. The molecular formula is C6H7ClN2O2S. The van der Waals surface area contributed by atoms with Crippen molar-refractivity contribution in [1.82, 2.24) is 10.6 Å². The molecule has 1 heterocycles. The first kappa shape index (κ1) is 9.41. The number of nitrogens with one attached hydrogen (secondary N) is 2. The lowest BCUT2D eigenvalue weighted by atomic mass is 10.3. The van der Waals surface area contributed by atoms with E-state index < -0.39 is 10.2 Å². The molecule has 12 heavy (non-hydrogen) atoms. The molecule has 0 bridgehead atoms. The Balaban J connectivity index is 2.59. The fourth-order valence-corrected chi connectivity index (χ4v) is 1.98. The van der Waals surface area contributed by atoms with Crippen molar-refractivity contribution in [3.63, 3.8) is 0 Å². The van der Waals surface area contributed by atoms with Crippen LogP contribution in [0.25, 0.3) is 0 Å². The standard InChI is InChI=1S/C6H7ClN2O2S/c7-5(11)3-6(9-4-10)8-1-2-12-6/h1-2,4,8H,3H2,(H,9,10). The molecule has 0 aromatic rings. The number of halogens is 1. The second-order valence-electron chi connectivity index (χ2n) is 2.19. The topological polar surface area (TPSA) is 58.2 Å².